The molecule has 0 radical (unpaired) electrons. The van der Waals surface area contributed by atoms with Crippen LogP contribution in [0.5, 0.6) is 5.75 Å². The first-order valence-electron chi connectivity index (χ1n) is 12.9. The SMILES string of the molecule is CN1N=C2CCN(C(=O)[C@@H](CCOc3cccc(C#N)c3)NC(=O)C(C)(C)N)C[C@@]2(Cc2ccccc2)C1=O. The van der Waals surface area contributed by atoms with Crippen molar-refractivity contribution in [3.63, 3.8) is 0 Å². The van der Waals surface area contributed by atoms with E-state index < -0.39 is 22.9 Å². The number of nitrogens with two attached hydrogens (primary N) is 1. The topological polar surface area (TPSA) is 141 Å². The van der Waals surface area contributed by atoms with Gasteiger partial charge in [-0.25, -0.2) is 5.01 Å². The Morgan fingerprint density at radius 1 is 1.23 bits per heavy atom. The van der Waals surface area contributed by atoms with E-state index in [2.05, 4.69) is 16.5 Å². The third-order valence-corrected chi connectivity index (χ3v) is 7.09. The standard InChI is InChI=1S/C29H34N6O4/c1-28(2,31)26(37)32-23(13-15-39-22-11-7-10-21(16-22)18-30)25(36)35-14-12-24-29(19-35,27(38)34(3)33-24)17-20-8-5-4-6-9-20/h4-11,16,23H,12-15,17,19,31H2,1-3H3,(H,32,37)/t23-,29-/m1/s1. The molecule has 2 aliphatic heterocycles. The highest BCUT2D eigenvalue weighted by Gasteiger charge is 2.53. The van der Waals surface area contributed by atoms with Crippen molar-refractivity contribution < 1.29 is 19.1 Å². The van der Waals surface area contributed by atoms with E-state index in [-0.39, 0.29) is 31.4 Å². The number of carbonyl (C=O) groups excluding carboxylic acids is 3. The van der Waals surface area contributed by atoms with Crippen LogP contribution in [0.1, 0.15) is 37.8 Å². The number of hydrogen-bond donors (Lipinski definition) is 2. The van der Waals surface area contributed by atoms with Crippen molar-refractivity contribution >= 4 is 23.4 Å². The summed E-state index contributed by atoms with van der Waals surface area (Å²) in [6.45, 7) is 3.79. The van der Waals surface area contributed by atoms with Gasteiger partial charge in [0.15, 0.2) is 0 Å². The van der Waals surface area contributed by atoms with Crippen LogP contribution in [0.2, 0.25) is 0 Å². The molecule has 0 spiro atoms. The number of benzene rings is 2. The lowest BCUT2D eigenvalue weighted by molar-refractivity contribution is -0.142. The molecule has 10 nitrogen and oxygen atoms in total. The third kappa shape index (κ3) is 6.10. The molecule has 0 unspecified atom stereocenters. The van der Waals surface area contributed by atoms with Crippen molar-refractivity contribution in [1.82, 2.24) is 15.2 Å². The number of nitriles is 1. The lowest BCUT2D eigenvalue weighted by atomic mass is 9.73. The second-order valence-corrected chi connectivity index (χ2v) is 10.7. The molecule has 39 heavy (non-hydrogen) atoms. The summed E-state index contributed by atoms with van der Waals surface area (Å²) >= 11 is 0. The Labute approximate surface area is 228 Å². The molecule has 2 aromatic carbocycles. The Bertz CT molecular complexity index is 1310. The fourth-order valence-corrected chi connectivity index (χ4v) is 4.99. The van der Waals surface area contributed by atoms with Gasteiger partial charge in [0.1, 0.15) is 17.2 Å². The Kier molecular flexibility index (Phi) is 8.02. The molecule has 4 rings (SSSR count). The number of carbonyl (C=O) groups is 3. The van der Waals surface area contributed by atoms with Gasteiger partial charge in [-0.05, 0) is 44.0 Å². The summed E-state index contributed by atoms with van der Waals surface area (Å²) in [6.07, 6.45) is 1.05. The minimum absolute atomic E-state index is 0.119. The smallest absolute Gasteiger partial charge is 0.256 e. The largest absolute Gasteiger partial charge is 0.493 e. The molecule has 2 aromatic rings. The molecule has 0 bridgehead atoms. The van der Waals surface area contributed by atoms with Gasteiger partial charge in [-0.1, -0.05) is 36.4 Å². The van der Waals surface area contributed by atoms with E-state index in [0.29, 0.717) is 30.7 Å². The predicted molar refractivity (Wildman–Crippen MR) is 145 cm³/mol. The third-order valence-electron chi connectivity index (χ3n) is 7.09. The molecule has 0 aliphatic carbocycles. The minimum atomic E-state index is -1.19. The van der Waals surface area contributed by atoms with Gasteiger partial charge in [-0.3, -0.25) is 14.4 Å². The highest BCUT2D eigenvalue weighted by atomic mass is 16.5. The van der Waals surface area contributed by atoms with Crippen molar-refractivity contribution in [2.24, 2.45) is 16.3 Å². The van der Waals surface area contributed by atoms with Crippen LogP contribution in [0.3, 0.4) is 0 Å². The number of fused-ring (bicyclic) bond motifs is 1. The maximum absolute atomic E-state index is 13.9. The van der Waals surface area contributed by atoms with Gasteiger partial charge in [0.2, 0.25) is 11.8 Å². The number of ether oxygens (including phenoxy) is 1. The number of hydrazone groups is 1. The number of nitrogens with zero attached hydrogens (tertiary/aromatic N) is 4. The molecule has 204 valence electrons. The average Bonchev–Trinajstić information content (AvgIpc) is 3.16. The summed E-state index contributed by atoms with van der Waals surface area (Å²) in [7, 11) is 1.64. The summed E-state index contributed by atoms with van der Waals surface area (Å²) < 4.78 is 5.80. The van der Waals surface area contributed by atoms with Gasteiger partial charge in [0.25, 0.3) is 5.91 Å². The zero-order valence-corrected chi connectivity index (χ0v) is 22.5. The van der Waals surface area contributed by atoms with Crippen LogP contribution in [0.4, 0.5) is 0 Å². The van der Waals surface area contributed by atoms with E-state index in [0.717, 1.165) is 11.3 Å². The van der Waals surface area contributed by atoms with Gasteiger partial charge < -0.3 is 20.7 Å². The second-order valence-electron chi connectivity index (χ2n) is 10.7. The summed E-state index contributed by atoms with van der Waals surface area (Å²) in [5.41, 5.74) is 6.06. The first kappa shape index (κ1) is 27.8. The Morgan fingerprint density at radius 3 is 2.67 bits per heavy atom. The molecule has 2 aliphatic rings. The first-order chi connectivity index (χ1) is 18.5. The lowest BCUT2D eigenvalue weighted by Crippen LogP contribution is -2.61. The highest BCUT2D eigenvalue weighted by molar-refractivity contribution is 6.13. The van der Waals surface area contributed by atoms with E-state index in [1.807, 2.05) is 30.3 Å². The molecule has 10 heteroatoms. The Morgan fingerprint density at radius 2 is 1.97 bits per heavy atom. The molecule has 3 amide bonds. The van der Waals surface area contributed by atoms with Crippen LogP contribution in [-0.2, 0) is 20.8 Å². The van der Waals surface area contributed by atoms with Gasteiger partial charge >= 0.3 is 0 Å². The molecular weight excluding hydrogens is 496 g/mol. The van der Waals surface area contributed by atoms with Crippen LogP contribution in [0.15, 0.2) is 59.7 Å². The van der Waals surface area contributed by atoms with E-state index >= 15 is 0 Å². The monoisotopic (exact) mass is 530 g/mol. The van der Waals surface area contributed by atoms with Gasteiger partial charge in [-0.2, -0.15) is 10.4 Å². The van der Waals surface area contributed by atoms with Crippen molar-refractivity contribution in [1.29, 1.82) is 5.26 Å². The van der Waals surface area contributed by atoms with Gasteiger partial charge in [-0.15, -0.1) is 0 Å². The minimum Gasteiger partial charge on any atom is -0.493 e. The summed E-state index contributed by atoms with van der Waals surface area (Å²) in [6, 6.07) is 17.5. The van der Waals surface area contributed by atoms with E-state index in [1.165, 1.54) is 5.01 Å². The number of rotatable bonds is 9. The normalized spacial score (nSPS) is 19.6. The molecule has 0 saturated carbocycles. The number of likely N-dealkylation sites (tertiary alicyclic amines) is 1. The van der Waals surface area contributed by atoms with E-state index in [4.69, 9.17) is 15.7 Å². The molecule has 2 heterocycles. The molecule has 0 aromatic heterocycles. The molecule has 3 N–H and O–H groups in total. The van der Waals surface area contributed by atoms with Crippen LogP contribution in [0, 0.1) is 16.7 Å². The Hall–Kier alpha value is -4.23. The van der Waals surface area contributed by atoms with Crippen molar-refractivity contribution in [2.45, 2.75) is 44.7 Å². The number of piperidine rings is 1. The molecule has 1 saturated heterocycles. The second kappa shape index (κ2) is 11.3. The van der Waals surface area contributed by atoms with Crippen molar-refractivity contribution in [3.8, 4) is 11.8 Å². The van der Waals surface area contributed by atoms with Gasteiger partial charge in [0.05, 0.1) is 29.5 Å². The average molecular weight is 531 g/mol. The number of hydrogen-bond acceptors (Lipinski definition) is 7. The number of amides is 3. The predicted octanol–water partition coefficient (Wildman–Crippen LogP) is 1.84. The van der Waals surface area contributed by atoms with Gasteiger partial charge in [0, 0.05) is 33.0 Å². The van der Waals surface area contributed by atoms with Crippen molar-refractivity contribution in [3.05, 3.63) is 65.7 Å². The molecule has 1 fully saturated rings. The fraction of sp³-hybridized carbons (Fsp3) is 0.414. The van der Waals surface area contributed by atoms with Crippen LogP contribution >= 0.6 is 0 Å². The molecular formula is C29H34N6O4. The molecule has 2 atom stereocenters. The highest BCUT2D eigenvalue weighted by Crippen LogP contribution is 2.38. The quantitative estimate of drug-likeness (QED) is 0.507. The zero-order chi connectivity index (χ0) is 28.2. The lowest BCUT2D eigenvalue weighted by Gasteiger charge is -2.41. The Balaban J connectivity index is 1.54. The maximum atomic E-state index is 13.9. The fourth-order valence-electron chi connectivity index (χ4n) is 4.99. The summed E-state index contributed by atoms with van der Waals surface area (Å²) in [4.78, 5) is 41.8. The number of nitrogens with one attached hydrogen (secondary N) is 1. The van der Waals surface area contributed by atoms with E-state index in [1.54, 1.807) is 50.1 Å². The summed E-state index contributed by atoms with van der Waals surface area (Å²) in [5.74, 6) is -0.438. The van der Waals surface area contributed by atoms with E-state index in [9.17, 15) is 14.4 Å². The van der Waals surface area contributed by atoms with Crippen LogP contribution in [0.25, 0.3) is 0 Å². The van der Waals surface area contributed by atoms with Crippen LogP contribution < -0.4 is 15.8 Å². The zero-order valence-electron chi connectivity index (χ0n) is 22.5. The van der Waals surface area contributed by atoms with Crippen molar-refractivity contribution in [2.75, 3.05) is 26.7 Å². The summed E-state index contributed by atoms with van der Waals surface area (Å²) in [5, 5.41) is 17.8. The maximum Gasteiger partial charge on any atom is 0.256 e. The first-order valence-corrected chi connectivity index (χ1v) is 12.9. The van der Waals surface area contributed by atoms with Crippen LogP contribution in [-0.4, -0.2) is 71.7 Å².